The average Bonchev–Trinajstić information content (AvgIpc) is 2.25. The first-order valence-corrected chi connectivity index (χ1v) is 5.14. The van der Waals surface area contributed by atoms with E-state index in [1.807, 2.05) is 0 Å². The SMILES string of the molecule is CC(N)n1c(=O)c2cccc(O)c2n(C)c1=O. The maximum absolute atomic E-state index is 12.1. The number of fused-ring (bicyclic) bond motifs is 1. The molecule has 0 saturated heterocycles. The lowest BCUT2D eigenvalue weighted by molar-refractivity contribution is 0.472. The van der Waals surface area contributed by atoms with E-state index < -0.39 is 17.4 Å². The second kappa shape index (κ2) is 3.74. The van der Waals surface area contributed by atoms with Gasteiger partial charge in [0.2, 0.25) is 0 Å². The Labute approximate surface area is 96.5 Å². The standard InChI is InChI=1S/C11H13N3O3/c1-6(12)14-10(16)7-4-3-5-8(15)9(7)13(2)11(14)17/h3-6,15H,12H2,1-2H3. The van der Waals surface area contributed by atoms with E-state index in [1.54, 1.807) is 19.1 Å². The van der Waals surface area contributed by atoms with Gasteiger partial charge in [-0.05, 0) is 19.1 Å². The molecule has 2 rings (SSSR count). The number of rotatable bonds is 1. The molecule has 6 nitrogen and oxygen atoms in total. The third-order valence-corrected chi connectivity index (χ3v) is 2.70. The largest absolute Gasteiger partial charge is 0.506 e. The molecule has 0 aliphatic carbocycles. The molecule has 1 atom stereocenters. The summed E-state index contributed by atoms with van der Waals surface area (Å²) in [5, 5.41) is 9.96. The Kier molecular flexibility index (Phi) is 2.51. The molecule has 1 unspecified atom stereocenters. The van der Waals surface area contributed by atoms with Crippen LogP contribution in [-0.4, -0.2) is 14.2 Å². The van der Waals surface area contributed by atoms with Gasteiger partial charge in [0, 0.05) is 7.05 Å². The highest BCUT2D eigenvalue weighted by Gasteiger charge is 2.15. The molecule has 17 heavy (non-hydrogen) atoms. The van der Waals surface area contributed by atoms with Crippen molar-refractivity contribution in [2.24, 2.45) is 12.8 Å². The van der Waals surface area contributed by atoms with Crippen LogP contribution in [0.2, 0.25) is 0 Å². The zero-order valence-corrected chi connectivity index (χ0v) is 9.54. The van der Waals surface area contributed by atoms with Gasteiger partial charge >= 0.3 is 5.69 Å². The van der Waals surface area contributed by atoms with Crippen molar-refractivity contribution < 1.29 is 5.11 Å². The van der Waals surface area contributed by atoms with Crippen LogP contribution in [0.3, 0.4) is 0 Å². The van der Waals surface area contributed by atoms with E-state index in [0.29, 0.717) is 0 Å². The summed E-state index contributed by atoms with van der Waals surface area (Å²) in [4.78, 5) is 24.0. The first kappa shape index (κ1) is 11.4. The van der Waals surface area contributed by atoms with Gasteiger partial charge in [-0.1, -0.05) is 6.07 Å². The van der Waals surface area contributed by atoms with Crippen molar-refractivity contribution in [3.63, 3.8) is 0 Å². The van der Waals surface area contributed by atoms with Crippen LogP contribution in [0.25, 0.3) is 10.9 Å². The van der Waals surface area contributed by atoms with Gasteiger partial charge in [-0.3, -0.25) is 9.36 Å². The minimum atomic E-state index is -0.715. The predicted octanol–water partition coefficient (Wildman–Crippen LogP) is -0.117. The van der Waals surface area contributed by atoms with E-state index in [1.165, 1.54) is 17.7 Å². The fourth-order valence-electron chi connectivity index (χ4n) is 1.89. The molecule has 6 heteroatoms. The van der Waals surface area contributed by atoms with Gasteiger partial charge in [0.05, 0.1) is 17.1 Å². The van der Waals surface area contributed by atoms with E-state index in [4.69, 9.17) is 5.73 Å². The van der Waals surface area contributed by atoms with Crippen LogP contribution in [0.1, 0.15) is 13.1 Å². The van der Waals surface area contributed by atoms with Crippen molar-refractivity contribution >= 4 is 10.9 Å². The van der Waals surface area contributed by atoms with E-state index >= 15 is 0 Å². The van der Waals surface area contributed by atoms with Gasteiger partial charge in [-0.15, -0.1) is 0 Å². The molecule has 1 aromatic carbocycles. The number of nitrogens with zero attached hydrogens (tertiary/aromatic N) is 2. The molecule has 0 aliphatic rings. The molecule has 2 aromatic rings. The monoisotopic (exact) mass is 235 g/mol. The highest BCUT2D eigenvalue weighted by atomic mass is 16.3. The lowest BCUT2D eigenvalue weighted by Gasteiger charge is -2.13. The molecule has 0 bridgehead atoms. The summed E-state index contributed by atoms with van der Waals surface area (Å²) >= 11 is 0. The molecule has 0 aliphatic heterocycles. The molecule has 1 aromatic heterocycles. The van der Waals surface area contributed by atoms with Crippen molar-refractivity contribution in [3.8, 4) is 5.75 Å². The molecule has 0 fully saturated rings. The smallest absolute Gasteiger partial charge is 0.332 e. The molecular formula is C11H13N3O3. The Morgan fingerprint density at radius 1 is 1.35 bits per heavy atom. The summed E-state index contributed by atoms with van der Waals surface area (Å²) in [7, 11) is 1.49. The van der Waals surface area contributed by atoms with Crippen molar-refractivity contribution in [1.82, 2.24) is 9.13 Å². The Hall–Kier alpha value is -2.08. The van der Waals surface area contributed by atoms with Crippen LogP contribution in [0.4, 0.5) is 0 Å². The van der Waals surface area contributed by atoms with Gasteiger partial charge in [0.25, 0.3) is 5.56 Å². The number of phenols is 1. The van der Waals surface area contributed by atoms with Gasteiger partial charge < -0.3 is 10.8 Å². The van der Waals surface area contributed by atoms with Crippen LogP contribution in [0.5, 0.6) is 5.75 Å². The summed E-state index contributed by atoms with van der Waals surface area (Å²) in [6.07, 6.45) is -0.715. The minimum absolute atomic E-state index is 0.101. The topological polar surface area (TPSA) is 90.2 Å². The van der Waals surface area contributed by atoms with Crippen molar-refractivity contribution in [2.75, 3.05) is 0 Å². The molecule has 0 amide bonds. The first-order valence-electron chi connectivity index (χ1n) is 5.14. The van der Waals surface area contributed by atoms with Gasteiger partial charge in [0.1, 0.15) is 5.75 Å². The van der Waals surface area contributed by atoms with Gasteiger partial charge in [-0.2, -0.15) is 0 Å². The molecule has 0 spiro atoms. The number of hydrogen-bond donors (Lipinski definition) is 2. The maximum Gasteiger partial charge on any atom is 0.332 e. The van der Waals surface area contributed by atoms with Crippen LogP contribution in [0, 0.1) is 0 Å². The third kappa shape index (κ3) is 1.53. The van der Waals surface area contributed by atoms with Crippen LogP contribution < -0.4 is 17.0 Å². The number of benzene rings is 1. The second-order valence-electron chi connectivity index (χ2n) is 3.93. The highest BCUT2D eigenvalue weighted by Crippen LogP contribution is 2.19. The fourth-order valence-corrected chi connectivity index (χ4v) is 1.89. The number of para-hydroxylation sites is 1. The molecular weight excluding hydrogens is 222 g/mol. The summed E-state index contributed by atoms with van der Waals surface area (Å²) in [6, 6.07) is 4.53. The number of aromatic hydroxyl groups is 1. The van der Waals surface area contributed by atoms with E-state index in [-0.39, 0.29) is 16.7 Å². The van der Waals surface area contributed by atoms with Crippen molar-refractivity contribution in [2.45, 2.75) is 13.1 Å². The molecule has 3 N–H and O–H groups in total. The van der Waals surface area contributed by atoms with E-state index in [9.17, 15) is 14.7 Å². The van der Waals surface area contributed by atoms with Crippen molar-refractivity contribution in [1.29, 1.82) is 0 Å². The lowest BCUT2D eigenvalue weighted by Crippen LogP contribution is -2.43. The molecule has 1 heterocycles. The Morgan fingerprint density at radius 2 is 2.00 bits per heavy atom. The number of aryl methyl sites for hydroxylation is 1. The first-order chi connectivity index (χ1) is 7.95. The lowest BCUT2D eigenvalue weighted by atomic mass is 10.2. The molecule has 0 saturated carbocycles. The Morgan fingerprint density at radius 3 is 2.59 bits per heavy atom. The van der Waals surface area contributed by atoms with Crippen LogP contribution in [0.15, 0.2) is 27.8 Å². The second-order valence-corrected chi connectivity index (χ2v) is 3.93. The average molecular weight is 235 g/mol. The zero-order valence-electron chi connectivity index (χ0n) is 9.54. The highest BCUT2D eigenvalue weighted by molar-refractivity contribution is 5.83. The van der Waals surface area contributed by atoms with Gasteiger partial charge in [-0.25, -0.2) is 9.36 Å². The third-order valence-electron chi connectivity index (χ3n) is 2.70. The van der Waals surface area contributed by atoms with Crippen LogP contribution in [-0.2, 0) is 7.05 Å². The Balaban J connectivity index is 3.12. The Bertz CT molecular complexity index is 697. The number of hydrogen-bond acceptors (Lipinski definition) is 4. The summed E-state index contributed by atoms with van der Waals surface area (Å²) in [5.41, 5.74) is 4.79. The molecule has 0 radical (unpaired) electrons. The quantitative estimate of drug-likeness (QED) is 0.721. The normalized spacial score (nSPS) is 12.9. The van der Waals surface area contributed by atoms with E-state index in [2.05, 4.69) is 0 Å². The summed E-state index contributed by atoms with van der Waals surface area (Å²) in [5.74, 6) is -0.101. The van der Waals surface area contributed by atoms with Crippen molar-refractivity contribution in [3.05, 3.63) is 39.0 Å². The molecule has 90 valence electrons. The maximum atomic E-state index is 12.1. The number of aromatic nitrogens is 2. The van der Waals surface area contributed by atoms with Gasteiger partial charge in [0.15, 0.2) is 0 Å². The summed E-state index contributed by atoms with van der Waals surface area (Å²) < 4.78 is 2.18. The zero-order chi connectivity index (χ0) is 12.7. The van der Waals surface area contributed by atoms with Crippen LogP contribution >= 0.6 is 0 Å². The number of phenolic OH excluding ortho intramolecular Hbond substituents is 1. The predicted molar refractivity (Wildman–Crippen MR) is 64.0 cm³/mol. The fraction of sp³-hybridized carbons (Fsp3) is 0.273. The number of nitrogens with two attached hydrogens (primary N) is 1. The minimum Gasteiger partial charge on any atom is -0.506 e. The summed E-state index contributed by atoms with van der Waals surface area (Å²) in [6.45, 7) is 1.55. The van der Waals surface area contributed by atoms with E-state index in [0.717, 1.165) is 4.57 Å².